The van der Waals surface area contributed by atoms with Gasteiger partial charge in [0.15, 0.2) is 0 Å². The van der Waals surface area contributed by atoms with Crippen LogP contribution in [-0.4, -0.2) is 0 Å². The monoisotopic (exact) mass is 206 g/mol. The lowest BCUT2D eigenvalue weighted by Crippen LogP contribution is -1.95. The van der Waals surface area contributed by atoms with Crippen molar-refractivity contribution in [2.24, 2.45) is 0 Å². The zero-order valence-corrected chi connectivity index (χ0v) is 8.70. The lowest BCUT2D eigenvalue weighted by atomic mass is 10.0. The molecule has 2 nitrogen and oxygen atoms in total. The Morgan fingerprint density at radius 2 is 1.88 bits per heavy atom. The van der Waals surface area contributed by atoms with E-state index in [0.717, 1.165) is 17.5 Å². The highest BCUT2D eigenvalue weighted by Gasteiger charge is 2.21. The molecular weight excluding hydrogens is 196 g/mol. The van der Waals surface area contributed by atoms with E-state index in [1.165, 1.54) is 11.1 Å². The van der Waals surface area contributed by atoms with E-state index >= 15 is 0 Å². The van der Waals surface area contributed by atoms with Crippen LogP contribution in [0.4, 0.5) is 5.69 Å². The van der Waals surface area contributed by atoms with E-state index in [-0.39, 0.29) is 0 Å². The molecule has 0 aromatic heterocycles. The maximum absolute atomic E-state index is 9.13. The Bertz CT molecular complexity index is 621. The summed E-state index contributed by atoms with van der Waals surface area (Å²) >= 11 is 0. The fraction of sp³-hybridized carbons (Fsp3) is 0.0714. The average molecular weight is 206 g/mol. The minimum absolute atomic E-state index is 0.578. The first-order valence-electron chi connectivity index (χ1n) is 5.21. The molecule has 0 amide bonds. The summed E-state index contributed by atoms with van der Waals surface area (Å²) in [4.78, 5) is 0. The van der Waals surface area contributed by atoms with Gasteiger partial charge in [-0.05, 0) is 28.3 Å². The van der Waals surface area contributed by atoms with Crippen LogP contribution in [0.15, 0.2) is 36.4 Å². The second kappa shape index (κ2) is 3.11. The van der Waals surface area contributed by atoms with E-state index in [4.69, 9.17) is 11.0 Å². The quantitative estimate of drug-likeness (QED) is 0.575. The highest BCUT2D eigenvalue weighted by atomic mass is 14.6. The van der Waals surface area contributed by atoms with Crippen molar-refractivity contribution in [3.63, 3.8) is 0 Å². The summed E-state index contributed by atoms with van der Waals surface area (Å²) in [5.41, 5.74) is 11.8. The number of fused-ring (bicyclic) bond motifs is 3. The van der Waals surface area contributed by atoms with Crippen LogP contribution in [0.5, 0.6) is 0 Å². The number of hydrogen-bond donors (Lipinski definition) is 1. The van der Waals surface area contributed by atoms with Crippen LogP contribution in [0.25, 0.3) is 11.1 Å². The Hall–Kier alpha value is -2.27. The fourth-order valence-electron chi connectivity index (χ4n) is 2.36. The standard InChI is InChI=1S/C14H10N2/c15-8-13-12-7-9-3-1-2-4-10(9)11(12)5-6-14(13)16/h1-6H,7,16H2. The topological polar surface area (TPSA) is 49.8 Å². The van der Waals surface area contributed by atoms with Gasteiger partial charge in [0.2, 0.25) is 0 Å². The van der Waals surface area contributed by atoms with E-state index in [2.05, 4.69) is 18.2 Å². The first kappa shape index (κ1) is 8.99. The molecule has 76 valence electrons. The summed E-state index contributed by atoms with van der Waals surface area (Å²) < 4.78 is 0. The highest BCUT2D eigenvalue weighted by Crippen LogP contribution is 2.39. The van der Waals surface area contributed by atoms with E-state index in [9.17, 15) is 0 Å². The van der Waals surface area contributed by atoms with Crippen molar-refractivity contribution in [3.8, 4) is 17.2 Å². The summed E-state index contributed by atoms with van der Waals surface area (Å²) in [6, 6.07) is 14.3. The van der Waals surface area contributed by atoms with Gasteiger partial charge in [-0.1, -0.05) is 30.3 Å². The second-order valence-electron chi connectivity index (χ2n) is 4.00. The number of nitrogen functional groups attached to an aromatic ring is 1. The zero-order chi connectivity index (χ0) is 11.1. The van der Waals surface area contributed by atoms with Gasteiger partial charge in [0, 0.05) is 12.1 Å². The van der Waals surface area contributed by atoms with Gasteiger partial charge in [0.1, 0.15) is 6.07 Å². The molecular formula is C14H10N2. The molecule has 0 heterocycles. The van der Waals surface area contributed by atoms with Gasteiger partial charge < -0.3 is 5.73 Å². The molecule has 0 saturated carbocycles. The lowest BCUT2D eigenvalue weighted by Gasteiger charge is -2.04. The van der Waals surface area contributed by atoms with Crippen LogP contribution in [0.3, 0.4) is 0 Å². The minimum atomic E-state index is 0.578. The van der Waals surface area contributed by atoms with E-state index in [1.54, 1.807) is 0 Å². The van der Waals surface area contributed by atoms with Crippen molar-refractivity contribution in [1.29, 1.82) is 5.26 Å². The highest BCUT2D eigenvalue weighted by molar-refractivity contribution is 5.82. The normalized spacial score (nSPS) is 11.7. The number of hydrogen-bond acceptors (Lipinski definition) is 2. The van der Waals surface area contributed by atoms with Gasteiger partial charge in [0.25, 0.3) is 0 Å². The minimum Gasteiger partial charge on any atom is -0.398 e. The van der Waals surface area contributed by atoms with Crippen molar-refractivity contribution in [2.45, 2.75) is 6.42 Å². The number of benzene rings is 2. The fourth-order valence-corrected chi connectivity index (χ4v) is 2.36. The second-order valence-corrected chi connectivity index (χ2v) is 4.00. The summed E-state index contributed by atoms with van der Waals surface area (Å²) in [7, 11) is 0. The van der Waals surface area contributed by atoms with Crippen LogP contribution in [0, 0.1) is 11.3 Å². The van der Waals surface area contributed by atoms with Crippen LogP contribution >= 0.6 is 0 Å². The molecule has 1 aliphatic rings. The largest absolute Gasteiger partial charge is 0.398 e. The van der Waals surface area contributed by atoms with Crippen molar-refractivity contribution >= 4 is 5.69 Å². The summed E-state index contributed by atoms with van der Waals surface area (Å²) in [6.07, 6.45) is 0.819. The first-order chi connectivity index (χ1) is 7.81. The Balaban J connectivity index is 2.33. The maximum Gasteiger partial charge on any atom is 0.102 e. The van der Waals surface area contributed by atoms with Crippen LogP contribution in [-0.2, 0) is 6.42 Å². The number of anilines is 1. The van der Waals surface area contributed by atoms with Crippen molar-refractivity contribution in [3.05, 3.63) is 53.1 Å². The summed E-state index contributed by atoms with van der Waals surface area (Å²) in [6.45, 7) is 0. The Labute approximate surface area is 93.9 Å². The van der Waals surface area contributed by atoms with Crippen LogP contribution < -0.4 is 5.73 Å². The third kappa shape index (κ3) is 1.06. The van der Waals surface area contributed by atoms with Gasteiger partial charge in [-0.2, -0.15) is 5.26 Å². The summed E-state index contributed by atoms with van der Waals surface area (Å²) in [5.74, 6) is 0. The number of rotatable bonds is 0. The number of nitrogens with two attached hydrogens (primary N) is 1. The van der Waals surface area contributed by atoms with Crippen molar-refractivity contribution in [2.75, 3.05) is 5.73 Å². The maximum atomic E-state index is 9.13. The molecule has 2 aromatic carbocycles. The molecule has 0 atom stereocenters. The molecule has 2 heteroatoms. The number of nitrogens with zero attached hydrogens (tertiary/aromatic N) is 1. The Kier molecular flexibility index (Phi) is 1.75. The molecule has 0 bridgehead atoms. The van der Waals surface area contributed by atoms with E-state index in [0.29, 0.717) is 11.3 Å². The Morgan fingerprint density at radius 3 is 2.69 bits per heavy atom. The van der Waals surface area contributed by atoms with E-state index in [1.807, 2.05) is 24.3 Å². The summed E-state index contributed by atoms with van der Waals surface area (Å²) in [5, 5.41) is 9.13. The molecule has 0 aliphatic heterocycles. The molecule has 0 saturated heterocycles. The van der Waals surface area contributed by atoms with Crippen molar-refractivity contribution < 1.29 is 0 Å². The molecule has 0 fully saturated rings. The number of nitriles is 1. The molecule has 2 N–H and O–H groups in total. The molecule has 0 spiro atoms. The van der Waals surface area contributed by atoms with Crippen molar-refractivity contribution in [1.82, 2.24) is 0 Å². The molecule has 1 aliphatic carbocycles. The SMILES string of the molecule is N#Cc1c(N)ccc2c1Cc1ccccc1-2. The Morgan fingerprint density at radius 1 is 1.06 bits per heavy atom. The molecule has 16 heavy (non-hydrogen) atoms. The smallest absolute Gasteiger partial charge is 0.102 e. The zero-order valence-electron chi connectivity index (χ0n) is 8.70. The molecule has 0 unspecified atom stereocenters. The molecule has 0 radical (unpaired) electrons. The molecule has 2 aromatic rings. The predicted molar refractivity (Wildman–Crippen MR) is 63.8 cm³/mol. The predicted octanol–water partition coefficient (Wildman–Crippen LogP) is 2.71. The van der Waals surface area contributed by atoms with Gasteiger partial charge in [-0.3, -0.25) is 0 Å². The van der Waals surface area contributed by atoms with Gasteiger partial charge in [-0.15, -0.1) is 0 Å². The van der Waals surface area contributed by atoms with Gasteiger partial charge in [0.05, 0.1) is 5.56 Å². The average Bonchev–Trinajstić information content (AvgIpc) is 2.67. The molecule has 3 rings (SSSR count). The first-order valence-corrected chi connectivity index (χ1v) is 5.21. The van der Waals surface area contributed by atoms with E-state index < -0.39 is 0 Å². The third-order valence-electron chi connectivity index (χ3n) is 3.13. The van der Waals surface area contributed by atoms with Crippen LogP contribution in [0.2, 0.25) is 0 Å². The van der Waals surface area contributed by atoms with Gasteiger partial charge in [-0.25, -0.2) is 0 Å². The third-order valence-corrected chi connectivity index (χ3v) is 3.13. The van der Waals surface area contributed by atoms with Crippen LogP contribution in [0.1, 0.15) is 16.7 Å². The lowest BCUT2D eigenvalue weighted by molar-refractivity contribution is 1.24. The van der Waals surface area contributed by atoms with Gasteiger partial charge >= 0.3 is 0 Å².